The number of pyridine rings is 1. The lowest BCUT2D eigenvalue weighted by Gasteiger charge is -2.13. The van der Waals surface area contributed by atoms with Gasteiger partial charge in [-0.25, -0.2) is 4.98 Å². The van der Waals surface area contributed by atoms with Gasteiger partial charge in [-0.15, -0.1) is 0 Å². The van der Waals surface area contributed by atoms with Crippen molar-refractivity contribution < 1.29 is 4.92 Å². The topological polar surface area (TPSA) is 68.1 Å². The van der Waals surface area contributed by atoms with Crippen molar-refractivity contribution in [2.24, 2.45) is 0 Å². The van der Waals surface area contributed by atoms with Gasteiger partial charge in [-0.05, 0) is 37.3 Å². The van der Waals surface area contributed by atoms with Crippen LogP contribution in [0.5, 0.6) is 0 Å². The highest BCUT2D eigenvalue weighted by Crippen LogP contribution is 2.34. The Kier molecular flexibility index (Phi) is 5.09. The fourth-order valence-electron chi connectivity index (χ4n) is 2.73. The molecule has 0 saturated carbocycles. The number of hydrogen-bond donors (Lipinski definition) is 1. The third-order valence-corrected chi connectivity index (χ3v) is 3.66. The van der Waals surface area contributed by atoms with Gasteiger partial charge >= 0.3 is 0 Å². The van der Waals surface area contributed by atoms with Crippen molar-refractivity contribution in [3.63, 3.8) is 0 Å². The summed E-state index contributed by atoms with van der Waals surface area (Å²) in [6.07, 6.45) is 10.1. The molecule has 0 aliphatic heterocycles. The van der Waals surface area contributed by atoms with E-state index < -0.39 is 4.92 Å². The smallest absolute Gasteiger partial charge is 0.287 e. The zero-order chi connectivity index (χ0) is 15.2. The molecule has 112 valence electrons. The summed E-state index contributed by atoms with van der Waals surface area (Å²) < 4.78 is 0. The van der Waals surface area contributed by atoms with Crippen LogP contribution in [0, 0.1) is 10.1 Å². The second kappa shape index (κ2) is 7.02. The summed E-state index contributed by atoms with van der Waals surface area (Å²) in [6, 6.07) is 3.52. The van der Waals surface area contributed by atoms with Crippen LogP contribution in [0.25, 0.3) is 0 Å². The molecule has 0 saturated heterocycles. The van der Waals surface area contributed by atoms with E-state index in [1.807, 2.05) is 13.8 Å². The van der Waals surface area contributed by atoms with E-state index in [2.05, 4.69) is 22.5 Å². The van der Waals surface area contributed by atoms with Gasteiger partial charge in [0, 0.05) is 12.1 Å². The first kappa shape index (κ1) is 15.2. The Balaban J connectivity index is 0.000000774. The van der Waals surface area contributed by atoms with Gasteiger partial charge in [0.15, 0.2) is 0 Å². The second-order valence-electron chi connectivity index (χ2n) is 4.98. The summed E-state index contributed by atoms with van der Waals surface area (Å²) in [5.41, 5.74) is 3.02. The fourth-order valence-corrected chi connectivity index (χ4v) is 2.73. The largest absolute Gasteiger partial charge is 0.367 e. The molecule has 2 aliphatic carbocycles. The van der Waals surface area contributed by atoms with Crippen molar-refractivity contribution in [3.8, 4) is 0 Å². The second-order valence-corrected chi connectivity index (χ2v) is 4.98. The Bertz CT molecular complexity index is 561. The molecule has 0 aromatic carbocycles. The lowest BCUT2D eigenvalue weighted by Crippen LogP contribution is -2.16. The summed E-state index contributed by atoms with van der Waals surface area (Å²) >= 11 is 0. The summed E-state index contributed by atoms with van der Waals surface area (Å²) in [7, 11) is 0. The Morgan fingerprint density at radius 1 is 1.33 bits per heavy atom. The third kappa shape index (κ3) is 3.68. The average Bonchev–Trinajstić information content (AvgIpc) is 2.92. The molecule has 5 nitrogen and oxygen atoms in total. The highest BCUT2D eigenvalue weighted by Gasteiger charge is 2.23. The number of anilines is 1. The highest BCUT2D eigenvalue weighted by molar-refractivity contribution is 5.44. The van der Waals surface area contributed by atoms with Crippen molar-refractivity contribution in [1.29, 1.82) is 0 Å². The molecule has 0 bridgehead atoms. The zero-order valence-corrected chi connectivity index (χ0v) is 12.5. The molecule has 21 heavy (non-hydrogen) atoms. The van der Waals surface area contributed by atoms with Crippen LogP contribution in [-0.4, -0.2) is 15.9 Å². The number of nitrogens with one attached hydrogen (secondary N) is 1. The molecule has 0 fully saturated rings. The molecule has 0 amide bonds. The minimum absolute atomic E-state index is 0.0253. The lowest BCUT2D eigenvalue weighted by atomic mass is 10.0. The van der Waals surface area contributed by atoms with Gasteiger partial charge in [0.25, 0.3) is 5.69 Å². The normalized spacial score (nSPS) is 19.6. The molecular weight excluding hydrogens is 266 g/mol. The number of hydrogen-bond acceptors (Lipinski definition) is 4. The fraction of sp³-hybridized carbons (Fsp3) is 0.438. The van der Waals surface area contributed by atoms with Crippen LogP contribution in [0.1, 0.15) is 39.5 Å². The first-order chi connectivity index (χ1) is 10.2. The Hall–Kier alpha value is -2.17. The van der Waals surface area contributed by atoms with E-state index in [1.54, 1.807) is 11.6 Å². The molecule has 5 heteroatoms. The zero-order valence-electron chi connectivity index (χ0n) is 12.5. The monoisotopic (exact) mass is 287 g/mol. The molecule has 3 rings (SSSR count). The summed E-state index contributed by atoms with van der Waals surface area (Å²) in [5, 5.41) is 13.9. The van der Waals surface area contributed by atoms with Crippen LogP contribution in [0.3, 0.4) is 0 Å². The van der Waals surface area contributed by atoms with Crippen molar-refractivity contribution >= 4 is 11.5 Å². The van der Waals surface area contributed by atoms with E-state index in [4.69, 9.17) is 0 Å². The number of rotatable bonds is 3. The van der Waals surface area contributed by atoms with Crippen LogP contribution in [-0.2, 0) is 0 Å². The van der Waals surface area contributed by atoms with Crippen LogP contribution < -0.4 is 5.32 Å². The Morgan fingerprint density at radius 3 is 2.76 bits per heavy atom. The maximum atomic E-state index is 10.6. The van der Waals surface area contributed by atoms with E-state index in [0.29, 0.717) is 11.9 Å². The molecule has 0 spiro atoms. The van der Waals surface area contributed by atoms with Gasteiger partial charge in [0.2, 0.25) is 0 Å². The first-order valence-electron chi connectivity index (χ1n) is 7.47. The summed E-state index contributed by atoms with van der Waals surface area (Å²) in [6.45, 7) is 4.00. The molecule has 1 atom stereocenters. The Labute approximate surface area is 124 Å². The van der Waals surface area contributed by atoms with Crippen LogP contribution >= 0.6 is 0 Å². The summed E-state index contributed by atoms with van der Waals surface area (Å²) in [5.74, 6) is 0.708. The predicted molar refractivity (Wildman–Crippen MR) is 84.3 cm³/mol. The third-order valence-electron chi connectivity index (χ3n) is 3.66. The molecule has 1 heterocycles. The predicted octanol–water partition coefficient (Wildman–Crippen LogP) is 4.24. The number of aromatic nitrogens is 1. The van der Waals surface area contributed by atoms with Crippen molar-refractivity contribution in [2.45, 2.75) is 45.6 Å². The summed E-state index contributed by atoms with van der Waals surface area (Å²) in [4.78, 5) is 14.2. The molecule has 0 radical (unpaired) electrons. The number of allylic oxidation sites excluding steroid dienone is 2. The molecule has 1 N–H and O–H groups in total. The minimum Gasteiger partial charge on any atom is -0.367 e. The molecule has 1 aromatic heterocycles. The molecule has 1 unspecified atom stereocenters. The van der Waals surface area contributed by atoms with Crippen LogP contribution in [0.2, 0.25) is 0 Å². The molecule has 2 aliphatic rings. The van der Waals surface area contributed by atoms with Crippen LogP contribution in [0.4, 0.5) is 11.5 Å². The molecule has 1 aromatic rings. The standard InChI is InChI=1S/C14H15N3O2.C2H6/c18-17(19)13-5-6-14(15-9-13)16-12-7-10-3-1-2-4-11(10)8-12;1-2/h1,3,5-6,9,12H,2,4,7-8H2,(H,15,16);1-2H3. The van der Waals surface area contributed by atoms with Crippen molar-refractivity contribution in [1.82, 2.24) is 4.98 Å². The lowest BCUT2D eigenvalue weighted by molar-refractivity contribution is -0.385. The van der Waals surface area contributed by atoms with Gasteiger partial charge in [-0.2, -0.15) is 0 Å². The SMILES string of the molecule is CC.O=[N+]([O-])c1ccc(NC2CC3=C(CCC=C3)C2)nc1. The highest BCUT2D eigenvalue weighted by atomic mass is 16.6. The number of nitrogens with zero attached hydrogens (tertiary/aromatic N) is 2. The average molecular weight is 287 g/mol. The first-order valence-corrected chi connectivity index (χ1v) is 7.47. The number of nitro groups is 1. The molecular formula is C16H21N3O2. The van der Waals surface area contributed by atoms with Crippen molar-refractivity contribution in [2.75, 3.05) is 5.32 Å². The van der Waals surface area contributed by atoms with Gasteiger partial charge in [0.05, 0.1) is 4.92 Å². The van der Waals surface area contributed by atoms with E-state index >= 15 is 0 Å². The van der Waals surface area contributed by atoms with E-state index in [0.717, 1.165) is 25.7 Å². The van der Waals surface area contributed by atoms with Crippen LogP contribution in [0.15, 0.2) is 41.6 Å². The van der Waals surface area contributed by atoms with Crippen molar-refractivity contribution in [3.05, 3.63) is 51.7 Å². The van der Waals surface area contributed by atoms with Gasteiger partial charge in [0.1, 0.15) is 12.0 Å². The van der Waals surface area contributed by atoms with E-state index in [1.165, 1.54) is 17.8 Å². The van der Waals surface area contributed by atoms with Gasteiger partial charge in [-0.1, -0.05) is 31.6 Å². The van der Waals surface area contributed by atoms with E-state index in [9.17, 15) is 10.1 Å². The maximum Gasteiger partial charge on any atom is 0.287 e. The van der Waals surface area contributed by atoms with Gasteiger partial charge in [-0.3, -0.25) is 10.1 Å². The minimum atomic E-state index is -0.433. The van der Waals surface area contributed by atoms with Gasteiger partial charge < -0.3 is 5.32 Å². The Morgan fingerprint density at radius 2 is 2.14 bits per heavy atom. The maximum absolute atomic E-state index is 10.6. The quantitative estimate of drug-likeness (QED) is 0.667. The van der Waals surface area contributed by atoms with E-state index in [-0.39, 0.29) is 5.69 Å².